The Morgan fingerprint density at radius 1 is 1.06 bits per heavy atom. The van der Waals surface area contributed by atoms with Crippen LogP contribution in [0.1, 0.15) is 30.4 Å². The Labute approximate surface area is 207 Å². The molecular formula is C25H24FN3O4S2. The van der Waals surface area contributed by atoms with Crippen LogP contribution in [-0.4, -0.2) is 33.3 Å². The van der Waals surface area contributed by atoms with Gasteiger partial charge in [0.1, 0.15) is 10.0 Å². The molecule has 1 aliphatic heterocycles. The highest BCUT2D eigenvalue weighted by molar-refractivity contribution is 7.94. The molecule has 5 rings (SSSR count). The van der Waals surface area contributed by atoms with Crippen molar-refractivity contribution in [3.63, 3.8) is 0 Å². The molecule has 2 N–H and O–H groups in total. The predicted octanol–water partition coefficient (Wildman–Crippen LogP) is 3.82. The number of sulfonamides is 1. The van der Waals surface area contributed by atoms with Crippen molar-refractivity contribution >= 4 is 44.5 Å². The van der Waals surface area contributed by atoms with E-state index in [1.165, 1.54) is 16.4 Å². The van der Waals surface area contributed by atoms with Crippen LogP contribution in [0.5, 0.6) is 0 Å². The second-order valence-corrected chi connectivity index (χ2v) is 11.9. The molecule has 2 aliphatic rings. The van der Waals surface area contributed by atoms with E-state index in [2.05, 4.69) is 10.6 Å². The molecule has 7 nitrogen and oxygen atoms in total. The van der Waals surface area contributed by atoms with Crippen molar-refractivity contribution in [3.05, 3.63) is 76.9 Å². The molecule has 3 aromatic rings. The summed E-state index contributed by atoms with van der Waals surface area (Å²) in [7, 11) is -3.70. The highest BCUT2D eigenvalue weighted by Gasteiger charge is 2.44. The third kappa shape index (κ3) is 4.68. The Bertz CT molecular complexity index is 1370. The van der Waals surface area contributed by atoms with E-state index >= 15 is 0 Å². The topological polar surface area (TPSA) is 95.6 Å². The van der Waals surface area contributed by atoms with E-state index in [1.807, 2.05) is 0 Å². The second-order valence-electron chi connectivity index (χ2n) is 8.88. The molecule has 35 heavy (non-hydrogen) atoms. The van der Waals surface area contributed by atoms with Crippen molar-refractivity contribution in [3.8, 4) is 0 Å². The maximum absolute atomic E-state index is 13.2. The smallest absolute Gasteiger partial charge is 0.313 e. The van der Waals surface area contributed by atoms with Gasteiger partial charge in [0.05, 0.1) is 5.69 Å². The average Bonchev–Trinajstić information content (AvgIpc) is 3.42. The molecule has 0 unspecified atom stereocenters. The number of hydrogen-bond donors (Lipinski definition) is 2. The fourth-order valence-electron chi connectivity index (χ4n) is 4.43. The zero-order valence-corrected chi connectivity index (χ0v) is 20.4. The summed E-state index contributed by atoms with van der Waals surface area (Å²) in [5, 5.41) is 6.98. The number of hydrogen-bond acceptors (Lipinski definition) is 5. The molecule has 1 fully saturated rings. The van der Waals surface area contributed by atoms with Gasteiger partial charge in [-0.3, -0.25) is 13.9 Å². The van der Waals surface area contributed by atoms with Gasteiger partial charge in [-0.2, -0.15) is 0 Å². The first kappa shape index (κ1) is 23.5. The third-order valence-corrected chi connectivity index (χ3v) is 9.75. The van der Waals surface area contributed by atoms with Crippen LogP contribution in [0.4, 0.5) is 15.8 Å². The molecule has 0 atom stereocenters. The summed E-state index contributed by atoms with van der Waals surface area (Å²) < 4.78 is 41.1. The first-order valence-corrected chi connectivity index (χ1v) is 13.6. The van der Waals surface area contributed by atoms with E-state index < -0.39 is 21.8 Å². The van der Waals surface area contributed by atoms with Crippen LogP contribution in [0.2, 0.25) is 0 Å². The monoisotopic (exact) mass is 513 g/mol. The highest BCUT2D eigenvalue weighted by atomic mass is 32.2. The number of anilines is 2. The summed E-state index contributed by atoms with van der Waals surface area (Å²) in [5.41, 5.74) is 2.38. The Morgan fingerprint density at radius 3 is 2.51 bits per heavy atom. The summed E-state index contributed by atoms with van der Waals surface area (Å²) in [5.74, 6) is -1.93. The van der Waals surface area contributed by atoms with E-state index in [0.29, 0.717) is 24.3 Å². The first-order valence-electron chi connectivity index (χ1n) is 11.3. The minimum atomic E-state index is -3.70. The number of carbonyl (C=O) groups is 2. The normalized spacial score (nSPS) is 16.3. The van der Waals surface area contributed by atoms with Crippen molar-refractivity contribution in [2.45, 2.75) is 35.3 Å². The summed E-state index contributed by atoms with van der Waals surface area (Å²) in [6.07, 6.45) is 3.12. The van der Waals surface area contributed by atoms with Gasteiger partial charge >= 0.3 is 11.8 Å². The van der Waals surface area contributed by atoms with Gasteiger partial charge in [-0.15, -0.1) is 11.3 Å². The SMILES string of the molecule is O=C(NCC1(c2ccc(F)cc2)CC1)C(=O)Nc1ccc2c(c1)N(S(=O)(=O)c1cccs1)CCC2. The van der Waals surface area contributed by atoms with Crippen molar-refractivity contribution in [1.29, 1.82) is 0 Å². The van der Waals surface area contributed by atoms with Gasteiger partial charge < -0.3 is 10.6 Å². The number of benzene rings is 2. The largest absolute Gasteiger partial charge is 0.347 e. The van der Waals surface area contributed by atoms with Gasteiger partial charge in [-0.05, 0) is 72.5 Å². The molecule has 0 bridgehead atoms. The number of halogens is 1. The van der Waals surface area contributed by atoms with Gasteiger partial charge in [0.15, 0.2) is 0 Å². The summed E-state index contributed by atoms with van der Waals surface area (Å²) in [6, 6.07) is 14.5. The molecule has 1 saturated carbocycles. The number of carbonyl (C=O) groups excluding carboxylic acids is 2. The lowest BCUT2D eigenvalue weighted by Gasteiger charge is -2.30. The second kappa shape index (κ2) is 9.09. The van der Waals surface area contributed by atoms with Crippen LogP contribution in [0.25, 0.3) is 0 Å². The standard InChI is InChI=1S/C25H24FN3O4S2/c26-19-8-6-18(7-9-19)25(11-12-25)16-27-23(30)24(31)28-20-10-5-17-3-1-13-29(21(17)15-20)35(32,33)22-4-2-14-34-22/h2,4-10,14-15H,1,3,11-13,16H2,(H,27,30)(H,28,31). The van der Waals surface area contributed by atoms with Crippen LogP contribution in [0, 0.1) is 5.82 Å². The van der Waals surface area contributed by atoms with Gasteiger partial charge in [-0.1, -0.05) is 24.3 Å². The minimum Gasteiger partial charge on any atom is -0.347 e. The quantitative estimate of drug-likeness (QED) is 0.490. The van der Waals surface area contributed by atoms with E-state index in [0.717, 1.165) is 41.7 Å². The zero-order chi connectivity index (χ0) is 24.6. The van der Waals surface area contributed by atoms with Crippen molar-refractivity contribution in [1.82, 2.24) is 5.32 Å². The van der Waals surface area contributed by atoms with Crippen molar-refractivity contribution < 1.29 is 22.4 Å². The molecule has 1 aromatic heterocycles. The summed E-state index contributed by atoms with van der Waals surface area (Å²) >= 11 is 1.16. The van der Waals surface area contributed by atoms with Gasteiger partial charge in [0, 0.05) is 24.2 Å². The predicted molar refractivity (Wildman–Crippen MR) is 133 cm³/mol. The fraction of sp³-hybridized carbons (Fsp3) is 0.280. The zero-order valence-electron chi connectivity index (χ0n) is 18.8. The molecular weight excluding hydrogens is 489 g/mol. The summed E-state index contributed by atoms with van der Waals surface area (Å²) in [6.45, 7) is 0.624. The maximum atomic E-state index is 13.2. The molecule has 2 aromatic carbocycles. The Hall–Kier alpha value is -3.24. The molecule has 2 heterocycles. The van der Waals surface area contributed by atoms with E-state index in [4.69, 9.17) is 0 Å². The van der Waals surface area contributed by atoms with E-state index in [-0.39, 0.29) is 22.0 Å². The van der Waals surface area contributed by atoms with E-state index in [1.54, 1.807) is 47.8 Å². The number of nitrogens with one attached hydrogen (secondary N) is 2. The number of amides is 2. The Kier molecular flexibility index (Phi) is 6.10. The van der Waals surface area contributed by atoms with Crippen LogP contribution in [0.15, 0.2) is 64.2 Å². The van der Waals surface area contributed by atoms with Crippen LogP contribution >= 0.6 is 11.3 Å². The molecule has 182 valence electrons. The Balaban J connectivity index is 1.27. The molecule has 1 aliphatic carbocycles. The molecule has 0 spiro atoms. The molecule has 0 radical (unpaired) electrons. The number of fused-ring (bicyclic) bond motifs is 1. The van der Waals surface area contributed by atoms with Crippen molar-refractivity contribution in [2.75, 3.05) is 22.7 Å². The van der Waals surface area contributed by atoms with Crippen LogP contribution in [0.3, 0.4) is 0 Å². The number of aryl methyl sites for hydroxylation is 1. The minimum absolute atomic E-state index is 0.259. The third-order valence-electron chi connectivity index (χ3n) is 6.56. The van der Waals surface area contributed by atoms with Gasteiger partial charge in [0.25, 0.3) is 10.0 Å². The number of thiophene rings is 1. The Morgan fingerprint density at radius 2 is 1.83 bits per heavy atom. The van der Waals surface area contributed by atoms with Crippen LogP contribution < -0.4 is 14.9 Å². The number of rotatable bonds is 6. The van der Waals surface area contributed by atoms with Crippen LogP contribution in [-0.2, 0) is 31.4 Å². The van der Waals surface area contributed by atoms with Crippen molar-refractivity contribution in [2.24, 2.45) is 0 Å². The lowest BCUT2D eigenvalue weighted by Crippen LogP contribution is -2.39. The van der Waals surface area contributed by atoms with Gasteiger partial charge in [-0.25, -0.2) is 12.8 Å². The summed E-state index contributed by atoms with van der Waals surface area (Å²) in [4.78, 5) is 25.0. The molecule has 0 saturated heterocycles. The maximum Gasteiger partial charge on any atom is 0.313 e. The van der Waals surface area contributed by atoms with Gasteiger partial charge in [0.2, 0.25) is 0 Å². The lowest BCUT2D eigenvalue weighted by molar-refractivity contribution is -0.136. The number of nitrogens with zero attached hydrogens (tertiary/aromatic N) is 1. The fourth-order valence-corrected chi connectivity index (χ4v) is 7.06. The molecule has 2 amide bonds. The first-order chi connectivity index (χ1) is 16.8. The molecule has 10 heteroatoms. The lowest BCUT2D eigenvalue weighted by atomic mass is 9.96. The average molecular weight is 514 g/mol. The van der Waals surface area contributed by atoms with E-state index in [9.17, 15) is 22.4 Å². The highest BCUT2D eigenvalue weighted by Crippen LogP contribution is 2.47.